The lowest BCUT2D eigenvalue weighted by atomic mass is 10.1. The summed E-state index contributed by atoms with van der Waals surface area (Å²) in [6, 6.07) is 0. The van der Waals surface area contributed by atoms with Crippen molar-refractivity contribution < 1.29 is 14.3 Å². The minimum Gasteiger partial charge on any atom is -0.384 e. The van der Waals surface area contributed by atoms with Crippen molar-refractivity contribution >= 4 is 5.91 Å². The van der Waals surface area contributed by atoms with E-state index in [9.17, 15) is 4.79 Å². The van der Waals surface area contributed by atoms with E-state index < -0.39 is 0 Å². The van der Waals surface area contributed by atoms with Crippen molar-refractivity contribution in [1.29, 1.82) is 0 Å². The van der Waals surface area contributed by atoms with Crippen LogP contribution in [0.5, 0.6) is 0 Å². The Morgan fingerprint density at radius 1 is 1.44 bits per heavy atom. The third kappa shape index (κ3) is 9.89. The summed E-state index contributed by atoms with van der Waals surface area (Å²) >= 11 is 0. The quantitative estimate of drug-likeness (QED) is 0.525. The molecule has 1 unspecified atom stereocenters. The van der Waals surface area contributed by atoms with Crippen molar-refractivity contribution in [1.82, 2.24) is 5.32 Å². The first-order valence-electron chi connectivity index (χ1n) is 5.74. The maximum absolute atomic E-state index is 11.4. The number of nitrogens with one attached hydrogen (secondary N) is 1. The van der Waals surface area contributed by atoms with E-state index >= 15 is 0 Å². The van der Waals surface area contributed by atoms with Crippen LogP contribution < -0.4 is 11.1 Å². The lowest BCUT2D eigenvalue weighted by Gasteiger charge is -2.10. The molecule has 0 bridgehead atoms. The van der Waals surface area contributed by atoms with Crippen LogP contribution in [0.25, 0.3) is 0 Å². The zero-order valence-corrected chi connectivity index (χ0v) is 10.3. The van der Waals surface area contributed by atoms with Crippen LogP contribution in [0, 0.1) is 5.92 Å². The Labute approximate surface area is 97.7 Å². The predicted molar refractivity (Wildman–Crippen MR) is 63.2 cm³/mol. The third-order valence-corrected chi connectivity index (χ3v) is 2.03. The summed E-state index contributed by atoms with van der Waals surface area (Å²) in [5.74, 6) is 0.335. The summed E-state index contributed by atoms with van der Waals surface area (Å²) in [5, 5.41) is 2.84. The van der Waals surface area contributed by atoms with Crippen molar-refractivity contribution in [2.24, 2.45) is 11.7 Å². The van der Waals surface area contributed by atoms with E-state index in [-0.39, 0.29) is 11.8 Å². The summed E-state index contributed by atoms with van der Waals surface area (Å²) in [4.78, 5) is 11.4. The fourth-order valence-electron chi connectivity index (χ4n) is 1.32. The first-order chi connectivity index (χ1) is 7.70. The third-order valence-electron chi connectivity index (χ3n) is 2.03. The molecule has 0 spiro atoms. The van der Waals surface area contributed by atoms with Gasteiger partial charge in [0.15, 0.2) is 0 Å². The van der Waals surface area contributed by atoms with Gasteiger partial charge in [0.1, 0.15) is 0 Å². The molecule has 1 atom stereocenters. The number of hydrogen-bond donors (Lipinski definition) is 2. The molecule has 96 valence electrons. The van der Waals surface area contributed by atoms with E-state index in [0.717, 1.165) is 6.42 Å². The number of nitrogens with two attached hydrogens (primary N) is 1. The summed E-state index contributed by atoms with van der Waals surface area (Å²) in [7, 11) is 1.64. The second-order valence-corrected chi connectivity index (χ2v) is 3.87. The smallest absolute Gasteiger partial charge is 0.220 e. The van der Waals surface area contributed by atoms with E-state index in [2.05, 4.69) is 5.32 Å². The zero-order valence-electron chi connectivity index (χ0n) is 10.3. The van der Waals surface area contributed by atoms with Gasteiger partial charge >= 0.3 is 0 Å². The minimum absolute atomic E-state index is 0.0726. The average Bonchev–Trinajstić information content (AvgIpc) is 2.23. The highest BCUT2D eigenvalue weighted by atomic mass is 16.5. The van der Waals surface area contributed by atoms with Crippen LogP contribution in [-0.2, 0) is 14.3 Å². The molecule has 5 heteroatoms. The number of ether oxygens (including phenoxy) is 2. The van der Waals surface area contributed by atoms with Crippen LogP contribution >= 0.6 is 0 Å². The van der Waals surface area contributed by atoms with Gasteiger partial charge < -0.3 is 20.5 Å². The Balaban J connectivity index is 3.30. The Bertz CT molecular complexity index is 177. The first kappa shape index (κ1) is 15.3. The molecule has 0 fully saturated rings. The molecule has 0 saturated carbocycles. The van der Waals surface area contributed by atoms with Gasteiger partial charge in [0, 0.05) is 39.8 Å². The molecule has 0 aromatic carbocycles. The van der Waals surface area contributed by atoms with Gasteiger partial charge in [-0.05, 0) is 12.3 Å². The number of rotatable bonds is 10. The number of methoxy groups -OCH3 is 1. The number of carbonyl (C=O) groups is 1. The van der Waals surface area contributed by atoms with E-state index in [1.807, 2.05) is 6.92 Å². The second kappa shape index (κ2) is 10.9. The standard InChI is InChI=1S/C11H24N2O3/c1-10(9-15-2)8-11(14)13-5-3-6-16-7-4-12/h10H,3-9,12H2,1-2H3,(H,13,14). The van der Waals surface area contributed by atoms with Crippen LogP contribution in [0.2, 0.25) is 0 Å². The van der Waals surface area contributed by atoms with Gasteiger partial charge in [-0.2, -0.15) is 0 Å². The van der Waals surface area contributed by atoms with Crippen molar-refractivity contribution in [3.63, 3.8) is 0 Å². The molecule has 5 nitrogen and oxygen atoms in total. The van der Waals surface area contributed by atoms with E-state index in [1.54, 1.807) is 7.11 Å². The van der Waals surface area contributed by atoms with E-state index in [1.165, 1.54) is 0 Å². The second-order valence-electron chi connectivity index (χ2n) is 3.87. The van der Waals surface area contributed by atoms with Gasteiger partial charge in [0.2, 0.25) is 5.91 Å². The van der Waals surface area contributed by atoms with E-state index in [4.69, 9.17) is 15.2 Å². The Hall–Kier alpha value is -0.650. The summed E-state index contributed by atoms with van der Waals surface area (Å²) in [6.45, 7) is 5.04. The highest BCUT2D eigenvalue weighted by Gasteiger charge is 2.07. The molecule has 0 heterocycles. The van der Waals surface area contributed by atoms with Gasteiger partial charge in [-0.3, -0.25) is 4.79 Å². The van der Waals surface area contributed by atoms with Gasteiger partial charge in [-0.15, -0.1) is 0 Å². The van der Waals surface area contributed by atoms with E-state index in [0.29, 0.717) is 39.3 Å². The van der Waals surface area contributed by atoms with Crippen molar-refractivity contribution in [3.05, 3.63) is 0 Å². The van der Waals surface area contributed by atoms with Gasteiger partial charge in [-0.25, -0.2) is 0 Å². The lowest BCUT2D eigenvalue weighted by molar-refractivity contribution is -0.122. The molecule has 0 aromatic rings. The Morgan fingerprint density at radius 2 is 2.19 bits per heavy atom. The molecule has 16 heavy (non-hydrogen) atoms. The molecule has 3 N–H and O–H groups in total. The molecule has 0 saturated heterocycles. The lowest BCUT2D eigenvalue weighted by Crippen LogP contribution is -2.27. The van der Waals surface area contributed by atoms with Crippen molar-refractivity contribution in [2.45, 2.75) is 19.8 Å². The SMILES string of the molecule is COCC(C)CC(=O)NCCCOCCN. The van der Waals surface area contributed by atoms with Crippen LogP contribution in [0.15, 0.2) is 0 Å². The molecular weight excluding hydrogens is 208 g/mol. The largest absolute Gasteiger partial charge is 0.384 e. The zero-order chi connectivity index (χ0) is 12.2. The monoisotopic (exact) mass is 232 g/mol. The maximum Gasteiger partial charge on any atom is 0.220 e. The van der Waals surface area contributed by atoms with Crippen LogP contribution in [-0.4, -0.2) is 45.9 Å². The summed E-state index contributed by atoms with van der Waals surface area (Å²) in [5.41, 5.74) is 5.27. The molecule has 0 aliphatic heterocycles. The maximum atomic E-state index is 11.4. The molecule has 0 aromatic heterocycles. The normalized spacial score (nSPS) is 12.4. The van der Waals surface area contributed by atoms with Gasteiger partial charge in [0.25, 0.3) is 0 Å². The molecular formula is C11H24N2O3. The number of carbonyl (C=O) groups excluding carboxylic acids is 1. The molecule has 0 aliphatic carbocycles. The highest BCUT2D eigenvalue weighted by Crippen LogP contribution is 2.01. The molecule has 1 amide bonds. The predicted octanol–water partition coefficient (Wildman–Crippen LogP) is 0.141. The number of amides is 1. The Kier molecular flexibility index (Phi) is 10.4. The van der Waals surface area contributed by atoms with Crippen LogP contribution in [0.3, 0.4) is 0 Å². The number of hydrogen-bond acceptors (Lipinski definition) is 4. The minimum atomic E-state index is 0.0726. The highest BCUT2D eigenvalue weighted by molar-refractivity contribution is 5.76. The van der Waals surface area contributed by atoms with Gasteiger partial charge in [0.05, 0.1) is 6.61 Å². The molecule has 0 rings (SSSR count). The van der Waals surface area contributed by atoms with Gasteiger partial charge in [-0.1, -0.05) is 6.92 Å². The Morgan fingerprint density at radius 3 is 2.81 bits per heavy atom. The average molecular weight is 232 g/mol. The fraction of sp³-hybridized carbons (Fsp3) is 0.909. The summed E-state index contributed by atoms with van der Waals surface area (Å²) < 4.78 is 10.2. The first-order valence-corrected chi connectivity index (χ1v) is 5.74. The van der Waals surface area contributed by atoms with Crippen molar-refractivity contribution in [2.75, 3.05) is 40.0 Å². The summed E-state index contributed by atoms with van der Waals surface area (Å²) in [6.07, 6.45) is 1.34. The topological polar surface area (TPSA) is 73.6 Å². The van der Waals surface area contributed by atoms with Crippen LogP contribution in [0.1, 0.15) is 19.8 Å². The van der Waals surface area contributed by atoms with Crippen LogP contribution in [0.4, 0.5) is 0 Å². The molecule has 0 aliphatic rings. The molecule has 0 radical (unpaired) electrons. The fourth-order valence-corrected chi connectivity index (χ4v) is 1.32. The van der Waals surface area contributed by atoms with Crippen molar-refractivity contribution in [3.8, 4) is 0 Å².